The van der Waals surface area contributed by atoms with Gasteiger partial charge in [-0.3, -0.25) is 4.68 Å². The molecule has 0 fully saturated rings. The van der Waals surface area contributed by atoms with Crippen molar-refractivity contribution in [2.75, 3.05) is 6.54 Å². The number of benzene rings is 1. The highest BCUT2D eigenvalue weighted by molar-refractivity contribution is 5.79. The van der Waals surface area contributed by atoms with Crippen LogP contribution in [-0.4, -0.2) is 37.0 Å². The van der Waals surface area contributed by atoms with Crippen molar-refractivity contribution in [3.8, 4) is 5.82 Å². The highest BCUT2D eigenvalue weighted by Crippen LogP contribution is 2.12. The van der Waals surface area contributed by atoms with Crippen LogP contribution in [0.1, 0.15) is 35.0 Å². The molecule has 1 aromatic carbocycles. The van der Waals surface area contributed by atoms with Crippen molar-refractivity contribution in [2.45, 2.75) is 40.4 Å². The molecule has 0 amide bonds. The lowest BCUT2D eigenvalue weighted by molar-refractivity contribution is 0.677. The van der Waals surface area contributed by atoms with Gasteiger partial charge >= 0.3 is 0 Å². The van der Waals surface area contributed by atoms with Crippen molar-refractivity contribution >= 4 is 5.96 Å². The van der Waals surface area contributed by atoms with Gasteiger partial charge in [-0.15, -0.1) is 0 Å². The zero-order chi connectivity index (χ0) is 23.0. The molecule has 4 rings (SSSR count). The van der Waals surface area contributed by atoms with E-state index in [1.807, 2.05) is 59.9 Å². The van der Waals surface area contributed by atoms with Gasteiger partial charge in [0.2, 0.25) is 0 Å². The van der Waals surface area contributed by atoms with E-state index in [0.717, 1.165) is 41.8 Å². The molecule has 0 bridgehead atoms. The summed E-state index contributed by atoms with van der Waals surface area (Å²) in [5.41, 5.74) is 5.53. The number of pyridine rings is 1. The number of hydrogen-bond acceptors (Lipinski definition) is 4. The summed E-state index contributed by atoms with van der Waals surface area (Å²) in [4.78, 5) is 9.31. The van der Waals surface area contributed by atoms with Gasteiger partial charge in [0.1, 0.15) is 0 Å². The summed E-state index contributed by atoms with van der Waals surface area (Å²) in [5, 5.41) is 15.6. The second-order valence-electron chi connectivity index (χ2n) is 7.88. The fraction of sp³-hybridized carbons (Fsp3) is 0.280. The Labute approximate surface area is 194 Å². The molecule has 8 heteroatoms. The fourth-order valence-corrected chi connectivity index (χ4v) is 3.64. The molecular formula is C25H30N8. The quantitative estimate of drug-likeness (QED) is 0.323. The number of hydrogen-bond donors (Lipinski definition) is 2. The standard InChI is InChI=1S/C25H30N8/c1-4-26-25(29-17-22-8-5-6-9-23(22)18-32-13-7-12-30-32)28-16-21-10-11-24(27-15-21)33-20(3)14-19(2)31-33/h5-15H,4,16-18H2,1-3H3,(H2,26,28,29). The van der Waals surface area contributed by atoms with Crippen LogP contribution in [0.4, 0.5) is 0 Å². The number of aromatic nitrogens is 5. The van der Waals surface area contributed by atoms with Crippen LogP contribution in [-0.2, 0) is 19.6 Å². The van der Waals surface area contributed by atoms with Crippen LogP contribution in [0.15, 0.2) is 72.1 Å². The fourth-order valence-electron chi connectivity index (χ4n) is 3.64. The molecule has 0 aliphatic carbocycles. The monoisotopic (exact) mass is 442 g/mol. The number of rotatable bonds is 8. The van der Waals surface area contributed by atoms with E-state index in [4.69, 9.17) is 4.99 Å². The van der Waals surface area contributed by atoms with Crippen LogP contribution in [0.2, 0.25) is 0 Å². The maximum atomic E-state index is 4.74. The Morgan fingerprint density at radius 1 is 1.03 bits per heavy atom. The van der Waals surface area contributed by atoms with Gasteiger partial charge in [0.25, 0.3) is 0 Å². The third-order valence-electron chi connectivity index (χ3n) is 5.26. The van der Waals surface area contributed by atoms with Crippen molar-refractivity contribution in [3.05, 3.63) is 95.2 Å². The first-order valence-electron chi connectivity index (χ1n) is 11.2. The minimum atomic E-state index is 0.536. The Kier molecular flexibility index (Phi) is 7.14. The van der Waals surface area contributed by atoms with E-state index in [0.29, 0.717) is 13.1 Å². The van der Waals surface area contributed by atoms with Gasteiger partial charge in [0, 0.05) is 37.4 Å². The van der Waals surface area contributed by atoms with E-state index in [1.54, 1.807) is 6.20 Å². The topological polar surface area (TPSA) is 85.0 Å². The SMILES string of the molecule is CCNC(=NCc1ccc(-n2nc(C)cc2C)nc1)NCc1ccccc1Cn1cccn1. The zero-order valence-corrected chi connectivity index (χ0v) is 19.4. The van der Waals surface area contributed by atoms with Gasteiger partial charge in [-0.05, 0) is 55.7 Å². The van der Waals surface area contributed by atoms with E-state index >= 15 is 0 Å². The second-order valence-corrected chi connectivity index (χ2v) is 7.88. The van der Waals surface area contributed by atoms with E-state index < -0.39 is 0 Å². The maximum Gasteiger partial charge on any atom is 0.191 e. The normalized spacial score (nSPS) is 11.5. The summed E-state index contributed by atoms with van der Waals surface area (Å²) >= 11 is 0. The Balaban J connectivity index is 1.41. The predicted molar refractivity (Wildman–Crippen MR) is 130 cm³/mol. The van der Waals surface area contributed by atoms with Crippen LogP contribution in [0.5, 0.6) is 0 Å². The molecule has 0 aliphatic rings. The smallest absolute Gasteiger partial charge is 0.191 e. The lowest BCUT2D eigenvalue weighted by Gasteiger charge is -2.14. The van der Waals surface area contributed by atoms with Crippen LogP contribution < -0.4 is 10.6 Å². The first-order valence-corrected chi connectivity index (χ1v) is 11.2. The maximum absolute atomic E-state index is 4.74. The predicted octanol–water partition coefficient (Wildman–Crippen LogP) is 3.38. The molecule has 4 aromatic rings. The summed E-state index contributed by atoms with van der Waals surface area (Å²) in [6, 6.07) is 16.4. The van der Waals surface area contributed by atoms with Crippen molar-refractivity contribution in [1.29, 1.82) is 0 Å². The van der Waals surface area contributed by atoms with Crippen LogP contribution >= 0.6 is 0 Å². The lowest BCUT2D eigenvalue weighted by Crippen LogP contribution is -2.37. The molecule has 33 heavy (non-hydrogen) atoms. The highest BCUT2D eigenvalue weighted by Gasteiger charge is 2.07. The minimum absolute atomic E-state index is 0.536. The van der Waals surface area contributed by atoms with E-state index in [2.05, 4.69) is 57.0 Å². The van der Waals surface area contributed by atoms with Crippen molar-refractivity contribution in [2.24, 2.45) is 4.99 Å². The number of aliphatic imine (C=N–C) groups is 1. The first-order chi connectivity index (χ1) is 16.1. The Morgan fingerprint density at radius 2 is 1.88 bits per heavy atom. The molecule has 0 spiro atoms. The van der Waals surface area contributed by atoms with Gasteiger partial charge in [0.15, 0.2) is 11.8 Å². The van der Waals surface area contributed by atoms with E-state index in [9.17, 15) is 0 Å². The molecule has 0 atom stereocenters. The average molecular weight is 443 g/mol. The molecule has 3 aromatic heterocycles. The number of nitrogens with one attached hydrogen (secondary N) is 2. The molecule has 3 heterocycles. The molecule has 0 radical (unpaired) electrons. The van der Waals surface area contributed by atoms with Crippen molar-refractivity contribution in [1.82, 2.24) is 35.2 Å². The Hall–Kier alpha value is -3.94. The van der Waals surface area contributed by atoms with Gasteiger partial charge in [-0.1, -0.05) is 30.3 Å². The summed E-state index contributed by atoms with van der Waals surface area (Å²) in [6.45, 7) is 8.82. The molecule has 0 aliphatic heterocycles. The number of nitrogens with zero attached hydrogens (tertiary/aromatic N) is 6. The van der Waals surface area contributed by atoms with Gasteiger partial charge in [-0.25, -0.2) is 14.7 Å². The molecule has 0 saturated carbocycles. The van der Waals surface area contributed by atoms with Crippen LogP contribution in [0, 0.1) is 13.8 Å². The first kappa shape index (κ1) is 22.3. The average Bonchev–Trinajstić information content (AvgIpc) is 3.45. The number of guanidine groups is 1. The summed E-state index contributed by atoms with van der Waals surface area (Å²) in [6.07, 6.45) is 5.64. The molecule has 8 nitrogen and oxygen atoms in total. The highest BCUT2D eigenvalue weighted by atomic mass is 15.3. The molecule has 0 unspecified atom stereocenters. The minimum Gasteiger partial charge on any atom is -0.357 e. The molecular weight excluding hydrogens is 412 g/mol. The summed E-state index contributed by atoms with van der Waals surface area (Å²) < 4.78 is 3.79. The molecule has 2 N–H and O–H groups in total. The van der Waals surface area contributed by atoms with Gasteiger partial charge in [-0.2, -0.15) is 10.2 Å². The third-order valence-corrected chi connectivity index (χ3v) is 5.26. The Morgan fingerprint density at radius 3 is 2.55 bits per heavy atom. The lowest BCUT2D eigenvalue weighted by atomic mass is 10.1. The molecule has 0 saturated heterocycles. The third kappa shape index (κ3) is 5.85. The molecule has 170 valence electrons. The van der Waals surface area contributed by atoms with Crippen molar-refractivity contribution < 1.29 is 0 Å². The van der Waals surface area contributed by atoms with Crippen LogP contribution in [0.25, 0.3) is 5.82 Å². The number of aryl methyl sites for hydroxylation is 2. The summed E-state index contributed by atoms with van der Waals surface area (Å²) in [5.74, 6) is 1.58. The van der Waals surface area contributed by atoms with Crippen LogP contribution in [0.3, 0.4) is 0 Å². The van der Waals surface area contributed by atoms with Gasteiger partial charge in [0.05, 0.1) is 18.8 Å². The Bertz CT molecular complexity index is 1190. The van der Waals surface area contributed by atoms with Gasteiger partial charge < -0.3 is 10.6 Å². The van der Waals surface area contributed by atoms with E-state index in [-0.39, 0.29) is 0 Å². The van der Waals surface area contributed by atoms with Crippen molar-refractivity contribution in [3.63, 3.8) is 0 Å². The second kappa shape index (κ2) is 10.6. The largest absolute Gasteiger partial charge is 0.357 e. The van der Waals surface area contributed by atoms with E-state index in [1.165, 1.54) is 11.1 Å². The zero-order valence-electron chi connectivity index (χ0n) is 19.4. The summed E-state index contributed by atoms with van der Waals surface area (Å²) in [7, 11) is 0.